The largest absolute Gasteiger partial charge is 0.436 e. The van der Waals surface area contributed by atoms with Gasteiger partial charge in [-0.3, -0.25) is 0 Å². The van der Waals surface area contributed by atoms with Gasteiger partial charge in [-0.25, -0.2) is 18.2 Å². The first-order valence-corrected chi connectivity index (χ1v) is 4.41. The lowest BCUT2D eigenvalue weighted by Crippen LogP contribution is -2.14. The molecule has 8 heteroatoms. The quantitative estimate of drug-likeness (QED) is 0.582. The summed E-state index contributed by atoms with van der Waals surface area (Å²) in [6, 6.07) is 0.324. The molecular formula is C8H4ClF6N. The van der Waals surface area contributed by atoms with Gasteiger partial charge in [0.25, 0.3) is 6.43 Å². The highest BCUT2D eigenvalue weighted by Gasteiger charge is 2.37. The van der Waals surface area contributed by atoms with Crippen molar-refractivity contribution in [1.29, 1.82) is 0 Å². The Labute approximate surface area is 91.0 Å². The predicted molar refractivity (Wildman–Crippen MR) is 43.7 cm³/mol. The summed E-state index contributed by atoms with van der Waals surface area (Å²) in [4.78, 5) is 2.58. The minimum Gasteiger partial charge on any atom is -0.239 e. The number of hydrogen-bond donors (Lipinski definition) is 0. The topological polar surface area (TPSA) is 12.9 Å². The van der Waals surface area contributed by atoms with Crippen LogP contribution in [0.5, 0.6) is 0 Å². The van der Waals surface area contributed by atoms with Crippen molar-refractivity contribution in [2.75, 3.05) is 0 Å². The Morgan fingerprint density at radius 3 is 2.25 bits per heavy atom. The van der Waals surface area contributed by atoms with Crippen LogP contribution in [0.1, 0.15) is 23.4 Å². The molecule has 0 radical (unpaired) electrons. The molecule has 0 unspecified atom stereocenters. The van der Waals surface area contributed by atoms with Crippen LogP contribution in [0.3, 0.4) is 0 Å². The van der Waals surface area contributed by atoms with E-state index in [2.05, 4.69) is 4.98 Å². The highest BCUT2D eigenvalue weighted by atomic mass is 35.5. The minimum atomic E-state index is -5.11. The van der Waals surface area contributed by atoms with E-state index in [0.717, 1.165) is 0 Å². The molecule has 0 atom stereocenters. The summed E-state index contributed by atoms with van der Waals surface area (Å²) in [6.45, 7) is 0. The third-order valence-corrected chi connectivity index (χ3v) is 2.00. The van der Waals surface area contributed by atoms with Crippen LogP contribution in [0, 0.1) is 5.82 Å². The minimum absolute atomic E-state index is 0.324. The van der Waals surface area contributed by atoms with Gasteiger partial charge in [0.15, 0.2) is 11.5 Å². The molecule has 1 heterocycles. The third-order valence-electron chi connectivity index (χ3n) is 1.71. The Kier molecular flexibility index (Phi) is 3.67. The van der Waals surface area contributed by atoms with E-state index in [0.29, 0.717) is 6.07 Å². The molecule has 0 aliphatic heterocycles. The van der Waals surface area contributed by atoms with Crippen molar-refractivity contribution in [1.82, 2.24) is 4.98 Å². The normalized spacial score (nSPS) is 12.2. The zero-order chi connectivity index (χ0) is 12.5. The summed E-state index contributed by atoms with van der Waals surface area (Å²) in [7, 11) is 0. The van der Waals surface area contributed by atoms with Crippen molar-refractivity contribution in [3.63, 3.8) is 0 Å². The number of rotatable bonds is 2. The highest BCUT2D eigenvalue weighted by Crippen LogP contribution is 2.33. The standard InChI is InChI=1S/C8H4ClF6N/c9-2-3-1-4(10)6(8(13,14)15)16-5(3)7(11)12/h1,7H,2H2. The van der Waals surface area contributed by atoms with Gasteiger partial charge in [-0.15, -0.1) is 11.6 Å². The molecule has 0 aliphatic carbocycles. The molecule has 16 heavy (non-hydrogen) atoms. The van der Waals surface area contributed by atoms with Gasteiger partial charge in [-0.2, -0.15) is 13.2 Å². The summed E-state index contributed by atoms with van der Waals surface area (Å²) in [5.74, 6) is -2.26. The number of hydrogen-bond acceptors (Lipinski definition) is 1. The summed E-state index contributed by atoms with van der Waals surface area (Å²) < 4.78 is 73.9. The van der Waals surface area contributed by atoms with E-state index in [-0.39, 0.29) is 0 Å². The molecule has 0 fully saturated rings. The first-order chi connectivity index (χ1) is 7.27. The number of nitrogens with zero attached hydrogens (tertiary/aromatic N) is 1. The van der Waals surface area contributed by atoms with Crippen molar-refractivity contribution in [2.45, 2.75) is 18.5 Å². The van der Waals surface area contributed by atoms with Crippen molar-refractivity contribution in [3.05, 3.63) is 28.8 Å². The molecule has 0 bridgehead atoms. The van der Waals surface area contributed by atoms with Crippen LogP contribution in [-0.2, 0) is 12.1 Å². The lowest BCUT2D eigenvalue weighted by Gasteiger charge is -2.11. The van der Waals surface area contributed by atoms with E-state index in [1.807, 2.05) is 0 Å². The van der Waals surface area contributed by atoms with E-state index in [1.165, 1.54) is 0 Å². The van der Waals surface area contributed by atoms with Crippen molar-refractivity contribution in [3.8, 4) is 0 Å². The number of halogens is 7. The number of pyridine rings is 1. The maximum absolute atomic E-state index is 12.9. The van der Waals surface area contributed by atoms with Crippen molar-refractivity contribution >= 4 is 11.6 Å². The number of alkyl halides is 6. The summed E-state index contributed by atoms with van der Waals surface area (Å²) in [5.41, 5.74) is -3.57. The highest BCUT2D eigenvalue weighted by molar-refractivity contribution is 6.17. The summed E-state index contributed by atoms with van der Waals surface area (Å²) in [6.07, 6.45) is -8.35. The smallest absolute Gasteiger partial charge is 0.239 e. The van der Waals surface area contributed by atoms with Crippen molar-refractivity contribution < 1.29 is 26.3 Å². The van der Waals surface area contributed by atoms with Gasteiger partial charge in [0.1, 0.15) is 5.69 Å². The monoisotopic (exact) mass is 263 g/mol. The van der Waals surface area contributed by atoms with Crippen LogP contribution >= 0.6 is 11.6 Å². The molecule has 0 amide bonds. The van der Waals surface area contributed by atoms with E-state index in [4.69, 9.17) is 11.6 Å². The lowest BCUT2D eigenvalue weighted by molar-refractivity contribution is -0.144. The zero-order valence-corrected chi connectivity index (χ0v) is 8.21. The van der Waals surface area contributed by atoms with Gasteiger partial charge < -0.3 is 0 Å². The second kappa shape index (κ2) is 4.48. The fourth-order valence-corrected chi connectivity index (χ4v) is 1.25. The van der Waals surface area contributed by atoms with Crippen LogP contribution in [0.2, 0.25) is 0 Å². The van der Waals surface area contributed by atoms with Gasteiger partial charge in [0.05, 0.1) is 0 Å². The van der Waals surface area contributed by atoms with Crippen molar-refractivity contribution in [2.24, 2.45) is 0 Å². The first-order valence-electron chi connectivity index (χ1n) is 3.88. The molecule has 0 spiro atoms. The van der Waals surface area contributed by atoms with E-state index < -0.39 is 41.3 Å². The second-order valence-electron chi connectivity index (χ2n) is 2.80. The Morgan fingerprint density at radius 2 is 1.88 bits per heavy atom. The number of aromatic nitrogens is 1. The molecule has 0 aromatic carbocycles. The molecular weight excluding hydrogens is 260 g/mol. The van der Waals surface area contributed by atoms with E-state index in [9.17, 15) is 26.3 Å². The van der Waals surface area contributed by atoms with Crippen LogP contribution in [0.25, 0.3) is 0 Å². The predicted octanol–water partition coefficient (Wildman–Crippen LogP) is 3.92. The zero-order valence-electron chi connectivity index (χ0n) is 7.45. The Hall–Kier alpha value is -0.980. The van der Waals surface area contributed by atoms with E-state index in [1.54, 1.807) is 0 Å². The Bertz CT molecular complexity index is 389. The maximum Gasteiger partial charge on any atom is 0.436 e. The van der Waals surface area contributed by atoms with Crippen LogP contribution < -0.4 is 0 Å². The maximum atomic E-state index is 12.9. The Morgan fingerprint density at radius 1 is 1.31 bits per heavy atom. The summed E-state index contributed by atoms with van der Waals surface area (Å²) >= 11 is 5.19. The third kappa shape index (κ3) is 2.58. The molecule has 1 nitrogen and oxygen atoms in total. The molecule has 0 aliphatic rings. The molecule has 0 saturated heterocycles. The fourth-order valence-electron chi connectivity index (χ4n) is 1.04. The fraction of sp³-hybridized carbons (Fsp3) is 0.375. The summed E-state index contributed by atoms with van der Waals surface area (Å²) in [5, 5.41) is 0. The van der Waals surface area contributed by atoms with Gasteiger partial charge in [-0.1, -0.05) is 0 Å². The second-order valence-corrected chi connectivity index (χ2v) is 3.06. The average molecular weight is 264 g/mol. The van der Waals surface area contributed by atoms with Gasteiger partial charge in [0.2, 0.25) is 0 Å². The lowest BCUT2D eigenvalue weighted by atomic mass is 10.2. The van der Waals surface area contributed by atoms with Gasteiger partial charge >= 0.3 is 6.18 Å². The molecule has 90 valence electrons. The Balaban J connectivity index is 3.39. The molecule has 1 aromatic heterocycles. The van der Waals surface area contributed by atoms with Crippen LogP contribution in [-0.4, -0.2) is 4.98 Å². The van der Waals surface area contributed by atoms with Gasteiger partial charge in [-0.05, 0) is 11.6 Å². The molecule has 1 aromatic rings. The SMILES string of the molecule is Fc1cc(CCl)c(C(F)F)nc1C(F)(F)F. The van der Waals surface area contributed by atoms with Gasteiger partial charge in [0, 0.05) is 5.88 Å². The molecule has 1 rings (SSSR count). The van der Waals surface area contributed by atoms with E-state index >= 15 is 0 Å². The molecule has 0 N–H and O–H groups in total. The average Bonchev–Trinajstić information content (AvgIpc) is 2.14. The van der Waals surface area contributed by atoms with Crippen LogP contribution in [0.15, 0.2) is 6.07 Å². The first kappa shape index (κ1) is 13.1. The van der Waals surface area contributed by atoms with Crippen LogP contribution in [0.4, 0.5) is 26.3 Å². The molecule has 0 saturated carbocycles.